The van der Waals surface area contributed by atoms with Crippen molar-refractivity contribution in [1.29, 1.82) is 0 Å². The summed E-state index contributed by atoms with van der Waals surface area (Å²) in [5.41, 5.74) is 2.29. The molecule has 0 radical (unpaired) electrons. The van der Waals surface area contributed by atoms with Gasteiger partial charge in [0.1, 0.15) is 11.5 Å². The molecule has 1 aliphatic heterocycles. The van der Waals surface area contributed by atoms with Crippen molar-refractivity contribution in [3.8, 4) is 11.1 Å². The lowest BCUT2D eigenvalue weighted by Gasteiger charge is -2.27. The van der Waals surface area contributed by atoms with E-state index in [0.29, 0.717) is 6.42 Å². The summed E-state index contributed by atoms with van der Waals surface area (Å²) in [5.74, 6) is -3.15. The molecule has 0 bridgehead atoms. The molecule has 1 saturated heterocycles. The molecule has 1 heterocycles. The minimum absolute atomic E-state index is 0.0772. The summed E-state index contributed by atoms with van der Waals surface area (Å²) in [5, 5.41) is 9.36. The molecule has 1 aliphatic rings. The van der Waals surface area contributed by atoms with Gasteiger partial charge in [-0.2, -0.15) is 0 Å². The minimum atomic E-state index is -1.23. The summed E-state index contributed by atoms with van der Waals surface area (Å²) in [4.78, 5) is 37.6. The van der Waals surface area contributed by atoms with E-state index < -0.39 is 35.5 Å². The van der Waals surface area contributed by atoms with Gasteiger partial charge in [0.25, 0.3) is 0 Å². The van der Waals surface area contributed by atoms with Crippen molar-refractivity contribution >= 4 is 18.0 Å². The van der Waals surface area contributed by atoms with E-state index in [2.05, 4.69) is 0 Å². The summed E-state index contributed by atoms with van der Waals surface area (Å²) in [6, 6.07) is 17.2. The second kappa shape index (κ2) is 8.07. The molecule has 2 amide bonds. The van der Waals surface area contributed by atoms with Crippen LogP contribution in [-0.2, 0) is 20.7 Å². The first-order valence-electron chi connectivity index (χ1n) is 9.59. The molecule has 6 nitrogen and oxygen atoms in total. The van der Waals surface area contributed by atoms with Gasteiger partial charge in [-0.1, -0.05) is 54.6 Å². The molecular formula is C23H25NO5. The zero-order valence-electron chi connectivity index (χ0n) is 16.8. The molecule has 1 unspecified atom stereocenters. The molecule has 2 atom stereocenters. The lowest BCUT2D eigenvalue weighted by Crippen LogP contribution is -2.44. The van der Waals surface area contributed by atoms with Crippen LogP contribution in [0.1, 0.15) is 32.8 Å². The van der Waals surface area contributed by atoms with Crippen molar-refractivity contribution in [3.05, 3.63) is 60.2 Å². The number of amides is 2. The fraction of sp³-hybridized carbons (Fsp3) is 0.348. The van der Waals surface area contributed by atoms with Crippen molar-refractivity contribution in [2.24, 2.45) is 5.92 Å². The third-order valence-electron chi connectivity index (χ3n) is 4.83. The number of nitrogens with zero attached hydrogens (tertiary/aromatic N) is 1. The summed E-state index contributed by atoms with van der Waals surface area (Å²) in [6.45, 7) is 5.12. The molecule has 1 fully saturated rings. The first kappa shape index (κ1) is 20.6. The highest BCUT2D eigenvalue weighted by Crippen LogP contribution is 2.30. The van der Waals surface area contributed by atoms with Crippen molar-refractivity contribution in [1.82, 2.24) is 4.90 Å². The third kappa shape index (κ3) is 4.83. The van der Waals surface area contributed by atoms with Gasteiger partial charge in [0, 0.05) is 6.04 Å². The number of hydrogen-bond donors (Lipinski definition) is 1. The van der Waals surface area contributed by atoms with E-state index in [9.17, 15) is 19.5 Å². The maximum absolute atomic E-state index is 12.6. The Morgan fingerprint density at radius 1 is 1.03 bits per heavy atom. The van der Waals surface area contributed by atoms with Crippen LogP contribution in [0.2, 0.25) is 0 Å². The monoisotopic (exact) mass is 395 g/mol. The van der Waals surface area contributed by atoms with Crippen molar-refractivity contribution in [2.45, 2.75) is 45.3 Å². The molecule has 1 N–H and O–H groups in total. The fourth-order valence-corrected chi connectivity index (χ4v) is 3.49. The fourth-order valence-electron chi connectivity index (χ4n) is 3.49. The van der Waals surface area contributed by atoms with Gasteiger partial charge >= 0.3 is 12.1 Å². The van der Waals surface area contributed by atoms with Gasteiger partial charge in [-0.15, -0.1) is 0 Å². The lowest BCUT2D eigenvalue weighted by atomic mass is 9.97. The van der Waals surface area contributed by atoms with Gasteiger partial charge in [-0.25, -0.2) is 9.69 Å². The van der Waals surface area contributed by atoms with Crippen LogP contribution in [0.5, 0.6) is 0 Å². The number of carboxylic acids is 1. The third-order valence-corrected chi connectivity index (χ3v) is 4.83. The Morgan fingerprint density at radius 3 is 2.17 bits per heavy atom. The van der Waals surface area contributed by atoms with Gasteiger partial charge in [-0.05, 0) is 50.3 Å². The minimum Gasteiger partial charge on any atom is -0.481 e. The van der Waals surface area contributed by atoms with Crippen LogP contribution in [0.15, 0.2) is 54.6 Å². The van der Waals surface area contributed by atoms with Gasteiger partial charge in [0.05, 0.1) is 0 Å². The van der Waals surface area contributed by atoms with E-state index in [4.69, 9.17) is 4.74 Å². The normalized spacial score (nSPS) is 19.3. The zero-order chi connectivity index (χ0) is 21.2. The van der Waals surface area contributed by atoms with E-state index in [1.807, 2.05) is 54.6 Å². The molecule has 0 aliphatic carbocycles. The smallest absolute Gasteiger partial charge is 0.417 e. The molecular weight excluding hydrogens is 370 g/mol. The Labute approximate surface area is 170 Å². The largest absolute Gasteiger partial charge is 0.481 e. The number of benzene rings is 2. The number of rotatable bonds is 4. The van der Waals surface area contributed by atoms with Crippen molar-refractivity contribution in [3.63, 3.8) is 0 Å². The van der Waals surface area contributed by atoms with Crippen LogP contribution < -0.4 is 0 Å². The number of carbonyl (C=O) groups excluding carboxylic acids is 2. The van der Waals surface area contributed by atoms with Crippen LogP contribution >= 0.6 is 0 Å². The maximum atomic E-state index is 12.6. The molecule has 29 heavy (non-hydrogen) atoms. The van der Waals surface area contributed by atoms with E-state index in [1.54, 1.807) is 20.8 Å². The van der Waals surface area contributed by atoms with Gasteiger partial charge in [0.15, 0.2) is 0 Å². The molecule has 3 rings (SSSR count). The first-order chi connectivity index (χ1) is 13.7. The van der Waals surface area contributed by atoms with Gasteiger partial charge < -0.3 is 9.84 Å². The Bertz CT molecular complexity index is 899. The number of ether oxygens (including phenoxy) is 1. The van der Waals surface area contributed by atoms with Crippen LogP contribution in [0.3, 0.4) is 0 Å². The predicted molar refractivity (Wildman–Crippen MR) is 108 cm³/mol. The highest BCUT2D eigenvalue weighted by molar-refractivity contribution is 6.05. The van der Waals surface area contributed by atoms with E-state index >= 15 is 0 Å². The lowest BCUT2D eigenvalue weighted by molar-refractivity contribution is -0.147. The summed E-state index contributed by atoms with van der Waals surface area (Å²) in [7, 11) is 0. The van der Waals surface area contributed by atoms with E-state index in [1.165, 1.54) is 0 Å². The predicted octanol–water partition coefficient (Wildman–Crippen LogP) is 4.13. The second-order valence-corrected chi connectivity index (χ2v) is 8.24. The summed E-state index contributed by atoms with van der Waals surface area (Å²) >= 11 is 0. The molecule has 0 spiro atoms. The molecule has 2 aromatic rings. The molecule has 152 valence electrons. The highest BCUT2D eigenvalue weighted by Gasteiger charge is 2.47. The Kier molecular flexibility index (Phi) is 5.73. The Balaban J connectivity index is 1.80. The molecule has 0 saturated carbocycles. The van der Waals surface area contributed by atoms with Crippen LogP contribution in [0.25, 0.3) is 11.1 Å². The number of imide groups is 1. The van der Waals surface area contributed by atoms with E-state index in [-0.39, 0.29) is 6.42 Å². The number of hydrogen-bond acceptors (Lipinski definition) is 4. The van der Waals surface area contributed by atoms with E-state index in [0.717, 1.165) is 21.6 Å². The average molecular weight is 395 g/mol. The summed E-state index contributed by atoms with van der Waals surface area (Å²) < 4.78 is 5.34. The Hall–Kier alpha value is -3.15. The van der Waals surface area contributed by atoms with Crippen LogP contribution in [-0.4, -0.2) is 39.6 Å². The molecule has 0 aromatic heterocycles. The maximum Gasteiger partial charge on any atom is 0.417 e. The Morgan fingerprint density at radius 2 is 1.62 bits per heavy atom. The van der Waals surface area contributed by atoms with Gasteiger partial charge in [0.2, 0.25) is 5.91 Å². The number of likely N-dealkylation sites (tertiary alicyclic amines) is 1. The molecule has 6 heteroatoms. The topological polar surface area (TPSA) is 83.9 Å². The number of carboxylic acid groups (broad SMARTS) is 1. The SMILES string of the molecule is CC(C)(C)OC(=O)N1C(=O)[C@@H](C(=O)O)CC1Cc1ccc(-c2ccccc2)cc1. The zero-order valence-corrected chi connectivity index (χ0v) is 16.8. The highest BCUT2D eigenvalue weighted by atomic mass is 16.6. The average Bonchev–Trinajstić information content (AvgIpc) is 2.98. The molecule has 2 aromatic carbocycles. The van der Waals surface area contributed by atoms with Crippen LogP contribution in [0, 0.1) is 5.92 Å². The number of carbonyl (C=O) groups is 3. The van der Waals surface area contributed by atoms with Crippen LogP contribution in [0.4, 0.5) is 4.79 Å². The van der Waals surface area contributed by atoms with Crippen molar-refractivity contribution in [2.75, 3.05) is 0 Å². The van der Waals surface area contributed by atoms with Crippen molar-refractivity contribution < 1.29 is 24.2 Å². The first-order valence-corrected chi connectivity index (χ1v) is 9.59. The quantitative estimate of drug-likeness (QED) is 0.787. The summed E-state index contributed by atoms with van der Waals surface area (Å²) in [6.07, 6.45) is -0.338. The standard InChI is InChI=1S/C23H25NO5/c1-23(2,3)29-22(28)24-18(14-19(20(24)25)21(26)27)13-15-9-11-17(12-10-15)16-7-5-4-6-8-16/h4-12,18-19H,13-14H2,1-3H3,(H,26,27)/t18?,19-/m0/s1. The van der Waals surface area contributed by atoms with Gasteiger partial charge in [-0.3, -0.25) is 9.59 Å². The number of aliphatic carboxylic acids is 1. The second-order valence-electron chi connectivity index (χ2n) is 8.24.